The number of benzene rings is 1. The third-order valence-electron chi connectivity index (χ3n) is 3.88. The van der Waals surface area contributed by atoms with Crippen LogP contribution in [-0.4, -0.2) is 40.2 Å². The van der Waals surface area contributed by atoms with Crippen molar-refractivity contribution in [1.29, 1.82) is 0 Å². The molecule has 2 aromatic rings. The minimum absolute atomic E-state index is 0. The fraction of sp³-hybridized carbons (Fsp3) is 0.412. The van der Waals surface area contributed by atoms with Crippen LogP contribution in [0.25, 0.3) is 5.69 Å². The number of aromatic nitrogens is 2. The van der Waals surface area contributed by atoms with Crippen LogP contribution in [0.15, 0.2) is 41.0 Å². The van der Waals surface area contributed by atoms with E-state index in [2.05, 4.69) is 34.9 Å². The highest BCUT2D eigenvalue weighted by Crippen LogP contribution is 2.15. The van der Waals surface area contributed by atoms with Gasteiger partial charge in [-0.05, 0) is 36.6 Å². The van der Waals surface area contributed by atoms with Gasteiger partial charge in [-0.1, -0.05) is 35.8 Å². The Morgan fingerprint density at radius 1 is 1.38 bits per heavy atom. The average Bonchev–Trinajstić information content (AvgIpc) is 3.01. The van der Waals surface area contributed by atoms with Gasteiger partial charge in [-0.2, -0.15) is 5.10 Å². The Bertz CT molecular complexity index is 674. The zero-order chi connectivity index (χ0) is 17.0. The molecule has 0 bridgehead atoms. The predicted molar refractivity (Wildman–Crippen MR) is 103 cm³/mol. The van der Waals surface area contributed by atoms with E-state index in [-0.39, 0.29) is 24.4 Å². The number of nitrogens with two attached hydrogens (primary N) is 1. The van der Waals surface area contributed by atoms with Crippen LogP contribution >= 0.6 is 28.3 Å². The summed E-state index contributed by atoms with van der Waals surface area (Å²) in [6.45, 7) is 4.81. The molecule has 0 aliphatic carbocycles. The van der Waals surface area contributed by atoms with E-state index in [9.17, 15) is 4.79 Å². The highest BCUT2D eigenvalue weighted by Gasteiger charge is 2.17. The molecule has 0 radical (unpaired) electrons. The minimum Gasteiger partial charge on any atom is -0.340 e. The Morgan fingerprint density at radius 2 is 2.08 bits per heavy atom. The Hall–Kier alpha value is -1.37. The zero-order valence-corrected chi connectivity index (χ0v) is 16.5. The largest absolute Gasteiger partial charge is 0.340 e. The topological polar surface area (TPSA) is 64.2 Å². The normalized spacial score (nSPS) is 11.9. The molecule has 1 heterocycles. The first-order chi connectivity index (χ1) is 10.9. The van der Waals surface area contributed by atoms with Crippen molar-refractivity contribution in [2.75, 3.05) is 13.6 Å². The fourth-order valence-electron chi connectivity index (χ4n) is 2.17. The Labute approximate surface area is 157 Å². The van der Waals surface area contributed by atoms with Gasteiger partial charge in [-0.25, -0.2) is 4.68 Å². The summed E-state index contributed by atoms with van der Waals surface area (Å²) in [5.74, 6) is 0.323. The van der Waals surface area contributed by atoms with Crippen LogP contribution < -0.4 is 5.73 Å². The van der Waals surface area contributed by atoms with Gasteiger partial charge in [0.15, 0.2) is 5.69 Å². The molecule has 0 fully saturated rings. The summed E-state index contributed by atoms with van der Waals surface area (Å²) in [6.07, 6.45) is 2.58. The maximum Gasteiger partial charge on any atom is 0.274 e. The van der Waals surface area contributed by atoms with Crippen LogP contribution in [0.3, 0.4) is 0 Å². The van der Waals surface area contributed by atoms with Crippen LogP contribution in [0.1, 0.15) is 30.8 Å². The van der Waals surface area contributed by atoms with E-state index in [4.69, 9.17) is 5.73 Å². The molecule has 0 saturated heterocycles. The molecule has 0 saturated carbocycles. The molecule has 5 nitrogen and oxygen atoms in total. The van der Waals surface area contributed by atoms with Crippen molar-refractivity contribution in [3.05, 3.63) is 46.7 Å². The molecule has 2 N–H and O–H groups in total. The van der Waals surface area contributed by atoms with Gasteiger partial charge in [-0.3, -0.25) is 4.79 Å². The number of hydrogen-bond acceptors (Lipinski definition) is 3. The molecule has 24 heavy (non-hydrogen) atoms. The SMILES string of the molecule is CC(C)C(N)CCN(C)C(=O)c1ccn(-c2cccc(Br)c2)n1.Cl. The fourth-order valence-corrected chi connectivity index (χ4v) is 2.56. The van der Waals surface area contributed by atoms with Gasteiger partial charge in [-0.15, -0.1) is 12.4 Å². The summed E-state index contributed by atoms with van der Waals surface area (Å²) in [6, 6.07) is 9.61. The van der Waals surface area contributed by atoms with Gasteiger partial charge in [0.05, 0.1) is 5.69 Å². The number of nitrogens with zero attached hydrogens (tertiary/aromatic N) is 3. The molecule has 2 rings (SSSR count). The number of rotatable bonds is 6. The highest BCUT2D eigenvalue weighted by molar-refractivity contribution is 9.10. The van der Waals surface area contributed by atoms with Crippen LogP contribution in [0.2, 0.25) is 0 Å². The second-order valence-electron chi connectivity index (χ2n) is 6.05. The molecule has 0 aliphatic heterocycles. The molecule has 1 aromatic heterocycles. The summed E-state index contributed by atoms with van der Waals surface area (Å²) in [7, 11) is 1.79. The van der Waals surface area contributed by atoms with E-state index in [0.29, 0.717) is 18.2 Å². The quantitative estimate of drug-likeness (QED) is 0.785. The molecule has 1 amide bonds. The highest BCUT2D eigenvalue weighted by atomic mass is 79.9. The second-order valence-corrected chi connectivity index (χ2v) is 6.96. The van der Waals surface area contributed by atoms with E-state index in [1.807, 2.05) is 24.3 Å². The Balaban J connectivity index is 0.00000288. The number of carbonyl (C=O) groups is 1. The maximum absolute atomic E-state index is 12.4. The zero-order valence-electron chi connectivity index (χ0n) is 14.1. The molecule has 0 spiro atoms. The van der Waals surface area contributed by atoms with Crippen molar-refractivity contribution in [3.63, 3.8) is 0 Å². The first-order valence-electron chi connectivity index (χ1n) is 7.71. The predicted octanol–water partition coefficient (Wildman–Crippen LogP) is 3.50. The van der Waals surface area contributed by atoms with Gasteiger partial charge in [0.25, 0.3) is 5.91 Å². The average molecular weight is 416 g/mol. The van der Waals surface area contributed by atoms with Gasteiger partial charge < -0.3 is 10.6 Å². The number of halogens is 2. The smallest absolute Gasteiger partial charge is 0.274 e. The molecule has 1 atom stereocenters. The van der Waals surface area contributed by atoms with E-state index in [0.717, 1.165) is 16.6 Å². The van der Waals surface area contributed by atoms with Gasteiger partial charge in [0, 0.05) is 30.3 Å². The lowest BCUT2D eigenvalue weighted by Crippen LogP contribution is -2.34. The number of amides is 1. The second kappa shape index (κ2) is 9.20. The van der Waals surface area contributed by atoms with E-state index in [1.165, 1.54) is 0 Å². The van der Waals surface area contributed by atoms with Crippen LogP contribution in [0, 0.1) is 5.92 Å². The van der Waals surface area contributed by atoms with Gasteiger partial charge in [0.2, 0.25) is 0 Å². The van der Waals surface area contributed by atoms with Crippen LogP contribution in [-0.2, 0) is 0 Å². The van der Waals surface area contributed by atoms with Crippen molar-refractivity contribution in [2.24, 2.45) is 11.7 Å². The third-order valence-corrected chi connectivity index (χ3v) is 4.38. The standard InChI is InChI=1S/C17H23BrN4O.ClH/c1-12(2)15(19)7-9-21(3)17(23)16-8-10-22(20-16)14-6-4-5-13(18)11-14;/h4-6,8,10-12,15H,7,9,19H2,1-3H3;1H. The monoisotopic (exact) mass is 414 g/mol. The molecular formula is C17H24BrClN4O. The maximum atomic E-state index is 12.4. The van der Waals surface area contributed by atoms with E-state index in [1.54, 1.807) is 28.9 Å². The van der Waals surface area contributed by atoms with Gasteiger partial charge in [0.1, 0.15) is 0 Å². The molecule has 1 aromatic carbocycles. The summed E-state index contributed by atoms with van der Waals surface area (Å²) in [5, 5.41) is 4.38. The van der Waals surface area contributed by atoms with Crippen LogP contribution in [0.5, 0.6) is 0 Å². The molecule has 0 aliphatic rings. The van der Waals surface area contributed by atoms with E-state index >= 15 is 0 Å². The lowest BCUT2D eigenvalue weighted by molar-refractivity contribution is 0.0783. The van der Waals surface area contributed by atoms with Crippen molar-refractivity contribution in [1.82, 2.24) is 14.7 Å². The van der Waals surface area contributed by atoms with Crippen molar-refractivity contribution in [2.45, 2.75) is 26.3 Å². The molecule has 132 valence electrons. The van der Waals surface area contributed by atoms with Crippen molar-refractivity contribution in [3.8, 4) is 5.69 Å². The van der Waals surface area contributed by atoms with Gasteiger partial charge >= 0.3 is 0 Å². The number of carbonyl (C=O) groups excluding carboxylic acids is 1. The number of hydrogen-bond donors (Lipinski definition) is 1. The van der Waals surface area contributed by atoms with Crippen molar-refractivity contribution >= 4 is 34.2 Å². The summed E-state index contributed by atoms with van der Waals surface area (Å²) in [4.78, 5) is 14.1. The lowest BCUT2D eigenvalue weighted by Gasteiger charge is -2.20. The minimum atomic E-state index is -0.0882. The summed E-state index contributed by atoms with van der Waals surface area (Å²) >= 11 is 3.44. The molecular weight excluding hydrogens is 392 g/mol. The lowest BCUT2D eigenvalue weighted by atomic mass is 10.0. The summed E-state index contributed by atoms with van der Waals surface area (Å²) < 4.78 is 2.67. The molecule has 7 heteroatoms. The van der Waals surface area contributed by atoms with Crippen LogP contribution in [0.4, 0.5) is 0 Å². The Morgan fingerprint density at radius 3 is 2.71 bits per heavy atom. The Kier molecular flexibility index (Phi) is 7.93. The first kappa shape index (κ1) is 20.7. The van der Waals surface area contributed by atoms with E-state index < -0.39 is 0 Å². The molecule has 1 unspecified atom stereocenters. The van der Waals surface area contributed by atoms with Crippen molar-refractivity contribution < 1.29 is 4.79 Å². The summed E-state index contributed by atoms with van der Waals surface area (Å²) in [5.41, 5.74) is 7.38. The third kappa shape index (κ3) is 5.33. The first-order valence-corrected chi connectivity index (χ1v) is 8.50.